The van der Waals surface area contributed by atoms with Crippen molar-refractivity contribution in [2.75, 3.05) is 13.1 Å². The van der Waals surface area contributed by atoms with E-state index in [0.29, 0.717) is 6.54 Å². The highest BCUT2D eigenvalue weighted by atomic mass is 16.2. The van der Waals surface area contributed by atoms with Crippen molar-refractivity contribution in [3.05, 3.63) is 71.3 Å². The number of likely N-dealkylation sites (tertiary alicyclic amines) is 1. The van der Waals surface area contributed by atoms with E-state index in [1.54, 1.807) is 0 Å². The summed E-state index contributed by atoms with van der Waals surface area (Å²) in [4.78, 5) is 14.5. The summed E-state index contributed by atoms with van der Waals surface area (Å²) in [7, 11) is 0. The molecule has 3 heteroatoms. The predicted molar refractivity (Wildman–Crippen MR) is 84.2 cm³/mol. The Morgan fingerprint density at radius 3 is 2.52 bits per heavy atom. The number of amides is 1. The first-order valence-corrected chi connectivity index (χ1v) is 7.41. The molecular weight excluding hydrogens is 260 g/mol. The molecule has 0 unspecified atom stereocenters. The molecule has 1 amide bonds. The molecule has 1 fully saturated rings. The fourth-order valence-electron chi connectivity index (χ4n) is 2.84. The van der Waals surface area contributed by atoms with E-state index in [0.717, 1.165) is 30.5 Å². The lowest BCUT2D eigenvalue weighted by Gasteiger charge is -2.18. The topological polar surface area (TPSA) is 46.3 Å². The zero-order valence-electron chi connectivity index (χ0n) is 12.0. The molecule has 1 saturated heterocycles. The quantitative estimate of drug-likeness (QED) is 0.938. The van der Waals surface area contributed by atoms with Gasteiger partial charge in [-0.25, -0.2) is 0 Å². The molecule has 0 bridgehead atoms. The predicted octanol–water partition coefficient (Wildman–Crippen LogP) is 2.45. The van der Waals surface area contributed by atoms with Crippen LogP contribution in [0.3, 0.4) is 0 Å². The van der Waals surface area contributed by atoms with Crippen molar-refractivity contribution in [1.82, 2.24) is 4.90 Å². The minimum atomic E-state index is 0.106. The van der Waals surface area contributed by atoms with Gasteiger partial charge in [-0.1, -0.05) is 48.5 Å². The summed E-state index contributed by atoms with van der Waals surface area (Å²) in [6.07, 6.45) is 1.68. The molecular formula is C18H20N2O. The number of benzene rings is 2. The molecule has 0 saturated carbocycles. The summed E-state index contributed by atoms with van der Waals surface area (Å²) in [5, 5.41) is 0. The van der Waals surface area contributed by atoms with Gasteiger partial charge in [0.1, 0.15) is 0 Å². The monoisotopic (exact) mass is 280 g/mol. The van der Waals surface area contributed by atoms with Crippen LogP contribution in [0.15, 0.2) is 54.6 Å². The van der Waals surface area contributed by atoms with Crippen LogP contribution in [0.4, 0.5) is 0 Å². The van der Waals surface area contributed by atoms with Crippen LogP contribution in [0.1, 0.15) is 27.9 Å². The van der Waals surface area contributed by atoms with E-state index in [1.807, 2.05) is 47.4 Å². The molecule has 1 aliphatic heterocycles. The minimum absolute atomic E-state index is 0.106. The second-order valence-corrected chi connectivity index (χ2v) is 5.62. The van der Waals surface area contributed by atoms with Gasteiger partial charge in [-0.05, 0) is 30.0 Å². The number of hydrogen-bond acceptors (Lipinski definition) is 2. The molecule has 2 aromatic carbocycles. The van der Waals surface area contributed by atoms with Gasteiger partial charge >= 0.3 is 0 Å². The number of rotatable bonds is 3. The van der Waals surface area contributed by atoms with Crippen LogP contribution in [0.5, 0.6) is 0 Å². The maximum atomic E-state index is 12.7. The van der Waals surface area contributed by atoms with Gasteiger partial charge in [0.15, 0.2) is 0 Å². The van der Waals surface area contributed by atoms with Crippen molar-refractivity contribution in [1.29, 1.82) is 0 Å². The van der Waals surface area contributed by atoms with Crippen molar-refractivity contribution >= 4 is 5.91 Å². The third-order valence-electron chi connectivity index (χ3n) is 4.00. The smallest absolute Gasteiger partial charge is 0.254 e. The largest absolute Gasteiger partial charge is 0.337 e. The van der Waals surface area contributed by atoms with E-state index in [4.69, 9.17) is 5.73 Å². The number of nitrogens with two attached hydrogens (primary N) is 1. The molecule has 21 heavy (non-hydrogen) atoms. The highest BCUT2D eigenvalue weighted by Crippen LogP contribution is 2.18. The Morgan fingerprint density at radius 1 is 1.10 bits per heavy atom. The van der Waals surface area contributed by atoms with Crippen LogP contribution in [0.2, 0.25) is 0 Å². The van der Waals surface area contributed by atoms with E-state index in [-0.39, 0.29) is 11.9 Å². The lowest BCUT2D eigenvalue weighted by Crippen LogP contribution is -2.32. The van der Waals surface area contributed by atoms with Gasteiger partial charge in [0, 0.05) is 24.7 Å². The van der Waals surface area contributed by atoms with Gasteiger partial charge < -0.3 is 10.6 Å². The zero-order chi connectivity index (χ0) is 14.7. The van der Waals surface area contributed by atoms with Gasteiger partial charge in [0.2, 0.25) is 0 Å². The van der Waals surface area contributed by atoms with E-state index < -0.39 is 0 Å². The Labute approximate surface area is 125 Å². The van der Waals surface area contributed by atoms with Gasteiger partial charge in [-0.15, -0.1) is 0 Å². The van der Waals surface area contributed by atoms with Crippen LogP contribution >= 0.6 is 0 Å². The molecule has 0 aromatic heterocycles. The molecule has 0 aliphatic carbocycles. The zero-order valence-corrected chi connectivity index (χ0v) is 12.0. The first-order valence-electron chi connectivity index (χ1n) is 7.41. The second-order valence-electron chi connectivity index (χ2n) is 5.62. The third kappa shape index (κ3) is 3.14. The average Bonchev–Trinajstić information content (AvgIpc) is 2.95. The molecule has 2 N–H and O–H groups in total. The van der Waals surface area contributed by atoms with Crippen molar-refractivity contribution < 1.29 is 4.79 Å². The van der Waals surface area contributed by atoms with Crippen molar-refractivity contribution in [2.24, 2.45) is 5.73 Å². The molecule has 2 aromatic rings. The normalized spacial score (nSPS) is 18.0. The van der Waals surface area contributed by atoms with E-state index in [1.165, 1.54) is 5.56 Å². The van der Waals surface area contributed by atoms with E-state index in [9.17, 15) is 4.79 Å². The summed E-state index contributed by atoms with van der Waals surface area (Å²) in [5.41, 5.74) is 9.01. The van der Waals surface area contributed by atoms with Crippen molar-refractivity contribution in [2.45, 2.75) is 18.9 Å². The third-order valence-corrected chi connectivity index (χ3v) is 4.00. The molecule has 0 spiro atoms. The van der Waals surface area contributed by atoms with E-state index >= 15 is 0 Å². The van der Waals surface area contributed by atoms with E-state index in [2.05, 4.69) is 12.1 Å². The Balaban J connectivity index is 1.84. The Bertz CT molecular complexity index is 624. The molecule has 1 atom stereocenters. The van der Waals surface area contributed by atoms with Gasteiger partial charge in [-0.2, -0.15) is 0 Å². The van der Waals surface area contributed by atoms with Crippen LogP contribution in [0.25, 0.3) is 0 Å². The maximum absolute atomic E-state index is 12.7. The fraction of sp³-hybridized carbons (Fsp3) is 0.278. The van der Waals surface area contributed by atoms with Crippen molar-refractivity contribution in [3.8, 4) is 0 Å². The van der Waals surface area contributed by atoms with Crippen molar-refractivity contribution in [3.63, 3.8) is 0 Å². The lowest BCUT2D eigenvalue weighted by molar-refractivity contribution is 0.0790. The highest BCUT2D eigenvalue weighted by Gasteiger charge is 2.25. The molecule has 3 rings (SSSR count). The highest BCUT2D eigenvalue weighted by molar-refractivity contribution is 5.96. The van der Waals surface area contributed by atoms with Gasteiger partial charge in [0.25, 0.3) is 5.91 Å². The summed E-state index contributed by atoms with van der Waals surface area (Å²) in [6, 6.07) is 18.2. The lowest BCUT2D eigenvalue weighted by atomic mass is 9.99. The first-order chi connectivity index (χ1) is 10.2. The summed E-state index contributed by atoms with van der Waals surface area (Å²) in [6.45, 7) is 1.43. The number of carbonyl (C=O) groups excluding carboxylic acids is 1. The summed E-state index contributed by atoms with van der Waals surface area (Å²) < 4.78 is 0. The van der Waals surface area contributed by atoms with Crippen LogP contribution in [-0.2, 0) is 6.42 Å². The van der Waals surface area contributed by atoms with Crippen LogP contribution in [0, 0.1) is 0 Å². The Kier molecular flexibility index (Phi) is 4.02. The van der Waals surface area contributed by atoms with Crippen LogP contribution < -0.4 is 5.73 Å². The fourth-order valence-corrected chi connectivity index (χ4v) is 2.84. The summed E-state index contributed by atoms with van der Waals surface area (Å²) >= 11 is 0. The maximum Gasteiger partial charge on any atom is 0.254 e. The van der Waals surface area contributed by atoms with Gasteiger partial charge in [0.05, 0.1) is 0 Å². The average molecular weight is 280 g/mol. The Morgan fingerprint density at radius 2 is 1.81 bits per heavy atom. The number of carbonyl (C=O) groups is 1. The minimum Gasteiger partial charge on any atom is -0.337 e. The first kappa shape index (κ1) is 13.8. The standard InChI is InChI=1S/C18H20N2O/c19-16-10-11-20(13-16)18(21)17-9-5-4-8-15(17)12-14-6-2-1-3-7-14/h1-9,16H,10-13,19H2/t16-/m1/s1. The molecule has 1 heterocycles. The molecule has 3 nitrogen and oxygen atoms in total. The Hall–Kier alpha value is -2.13. The molecule has 108 valence electrons. The molecule has 0 radical (unpaired) electrons. The van der Waals surface area contributed by atoms with Gasteiger partial charge in [-0.3, -0.25) is 4.79 Å². The molecule has 1 aliphatic rings. The van der Waals surface area contributed by atoms with Crippen LogP contribution in [-0.4, -0.2) is 29.9 Å². The second kappa shape index (κ2) is 6.10. The SMILES string of the molecule is N[C@@H]1CCN(C(=O)c2ccccc2Cc2ccccc2)C1. The number of nitrogens with zero attached hydrogens (tertiary/aromatic N) is 1. The summed E-state index contributed by atoms with van der Waals surface area (Å²) in [5.74, 6) is 0.106. The number of hydrogen-bond donors (Lipinski definition) is 1.